The number of rotatable bonds is 4. The van der Waals surface area contributed by atoms with Crippen molar-refractivity contribution in [1.82, 2.24) is 10.2 Å². The summed E-state index contributed by atoms with van der Waals surface area (Å²) in [7, 11) is 0. The molecule has 0 atom stereocenters. The van der Waals surface area contributed by atoms with Gasteiger partial charge in [0, 0.05) is 6.54 Å². The summed E-state index contributed by atoms with van der Waals surface area (Å²) in [6.45, 7) is 0.935. The first-order chi connectivity index (χ1) is 8.25. The fourth-order valence-corrected chi connectivity index (χ4v) is 2.20. The van der Waals surface area contributed by atoms with Gasteiger partial charge in [-0.3, -0.25) is 4.79 Å². The van der Waals surface area contributed by atoms with Crippen LogP contribution in [0.25, 0.3) is 0 Å². The van der Waals surface area contributed by atoms with E-state index in [0.29, 0.717) is 5.82 Å². The standard InChI is InChI=1S/C12H18N4O/c13-12(17)10-6-7-11(16-15-10)14-8-9-4-2-1-3-5-9/h6-7,9H,1-5,8H2,(H2,13,17)(H,14,16). The number of aromatic nitrogens is 2. The van der Waals surface area contributed by atoms with E-state index in [9.17, 15) is 4.79 Å². The molecule has 0 radical (unpaired) electrons. The molecule has 92 valence electrons. The Hall–Kier alpha value is -1.65. The third-order valence-electron chi connectivity index (χ3n) is 3.21. The first kappa shape index (κ1) is 11.8. The van der Waals surface area contributed by atoms with Crippen LogP contribution in [0.3, 0.4) is 0 Å². The monoisotopic (exact) mass is 234 g/mol. The maximum Gasteiger partial charge on any atom is 0.269 e. The van der Waals surface area contributed by atoms with Gasteiger partial charge < -0.3 is 11.1 Å². The molecule has 1 aromatic heterocycles. The summed E-state index contributed by atoms with van der Waals surface area (Å²) < 4.78 is 0. The van der Waals surface area contributed by atoms with Crippen molar-refractivity contribution >= 4 is 11.7 Å². The molecule has 1 aromatic rings. The predicted molar refractivity (Wildman–Crippen MR) is 65.6 cm³/mol. The second-order valence-electron chi connectivity index (χ2n) is 4.55. The highest BCUT2D eigenvalue weighted by molar-refractivity contribution is 5.90. The third kappa shape index (κ3) is 3.41. The zero-order valence-electron chi connectivity index (χ0n) is 9.85. The van der Waals surface area contributed by atoms with Crippen molar-refractivity contribution in [2.75, 3.05) is 11.9 Å². The maximum atomic E-state index is 10.8. The zero-order valence-corrected chi connectivity index (χ0v) is 9.85. The lowest BCUT2D eigenvalue weighted by Crippen LogP contribution is -2.18. The molecule has 0 aliphatic heterocycles. The summed E-state index contributed by atoms with van der Waals surface area (Å²) in [4.78, 5) is 10.8. The van der Waals surface area contributed by atoms with Gasteiger partial charge in [-0.25, -0.2) is 0 Å². The van der Waals surface area contributed by atoms with Crippen molar-refractivity contribution in [2.24, 2.45) is 11.7 Å². The number of hydrogen-bond acceptors (Lipinski definition) is 4. The van der Waals surface area contributed by atoms with Crippen LogP contribution in [0.4, 0.5) is 5.82 Å². The molecule has 5 nitrogen and oxygen atoms in total. The van der Waals surface area contributed by atoms with Crippen LogP contribution in [0, 0.1) is 5.92 Å². The molecule has 1 heterocycles. The SMILES string of the molecule is NC(=O)c1ccc(NCC2CCCCC2)nn1. The summed E-state index contributed by atoms with van der Waals surface area (Å²) in [5, 5.41) is 10.9. The van der Waals surface area contributed by atoms with E-state index in [1.807, 2.05) is 0 Å². The molecule has 2 rings (SSSR count). The Bertz CT molecular complexity index is 371. The first-order valence-electron chi connectivity index (χ1n) is 6.13. The van der Waals surface area contributed by atoms with Crippen LogP contribution in [0.2, 0.25) is 0 Å². The summed E-state index contributed by atoms with van der Waals surface area (Å²) >= 11 is 0. The Morgan fingerprint density at radius 1 is 1.29 bits per heavy atom. The van der Waals surface area contributed by atoms with Crippen molar-refractivity contribution < 1.29 is 4.79 Å². The van der Waals surface area contributed by atoms with E-state index < -0.39 is 5.91 Å². The molecular weight excluding hydrogens is 216 g/mol. The average Bonchev–Trinajstić information content (AvgIpc) is 2.38. The normalized spacial score (nSPS) is 16.7. The molecule has 0 saturated heterocycles. The number of nitrogens with two attached hydrogens (primary N) is 1. The van der Waals surface area contributed by atoms with Crippen LogP contribution in [0.5, 0.6) is 0 Å². The van der Waals surface area contributed by atoms with Gasteiger partial charge in [-0.2, -0.15) is 0 Å². The summed E-state index contributed by atoms with van der Waals surface area (Å²) in [6.07, 6.45) is 6.61. The molecule has 0 unspecified atom stereocenters. The van der Waals surface area contributed by atoms with Gasteiger partial charge in [0.15, 0.2) is 5.69 Å². The highest BCUT2D eigenvalue weighted by atomic mass is 16.1. The van der Waals surface area contributed by atoms with Crippen LogP contribution in [0.1, 0.15) is 42.6 Å². The van der Waals surface area contributed by atoms with Crippen molar-refractivity contribution in [2.45, 2.75) is 32.1 Å². The van der Waals surface area contributed by atoms with E-state index in [1.54, 1.807) is 12.1 Å². The van der Waals surface area contributed by atoms with Crippen molar-refractivity contribution in [3.8, 4) is 0 Å². The number of carbonyl (C=O) groups is 1. The number of nitrogens with zero attached hydrogens (tertiary/aromatic N) is 2. The number of amides is 1. The summed E-state index contributed by atoms with van der Waals surface area (Å²) in [5.74, 6) is 0.901. The molecular formula is C12H18N4O. The highest BCUT2D eigenvalue weighted by Gasteiger charge is 2.13. The summed E-state index contributed by atoms with van der Waals surface area (Å²) in [6, 6.07) is 3.34. The second-order valence-corrected chi connectivity index (χ2v) is 4.55. The fourth-order valence-electron chi connectivity index (χ4n) is 2.20. The van der Waals surface area contributed by atoms with E-state index in [0.717, 1.165) is 12.5 Å². The Morgan fingerprint density at radius 3 is 2.65 bits per heavy atom. The van der Waals surface area contributed by atoms with Gasteiger partial charge in [0.2, 0.25) is 0 Å². The molecule has 1 aliphatic carbocycles. The van der Waals surface area contributed by atoms with E-state index in [1.165, 1.54) is 32.1 Å². The predicted octanol–water partition coefficient (Wildman–Crippen LogP) is 1.57. The molecule has 3 N–H and O–H groups in total. The third-order valence-corrected chi connectivity index (χ3v) is 3.21. The number of anilines is 1. The number of nitrogens with one attached hydrogen (secondary N) is 1. The lowest BCUT2D eigenvalue weighted by Gasteiger charge is -2.21. The van der Waals surface area contributed by atoms with E-state index in [4.69, 9.17) is 5.73 Å². The number of primary amides is 1. The van der Waals surface area contributed by atoms with Crippen LogP contribution in [0.15, 0.2) is 12.1 Å². The molecule has 1 saturated carbocycles. The van der Waals surface area contributed by atoms with Crippen LogP contribution in [-0.4, -0.2) is 22.6 Å². The van der Waals surface area contributed by atoms with E-state index in [-0.39, 0.29) is 5.69 Å². The van der Waals surface area contributed by atoms with Crippen LogP contribution >= 0.6 is 0 Å². The Labute approximate surface area is 101 Å². The minimum atomic E-state index is -0.545. The van der Waals surface area contributed by atoms with Gasteiger partial charge in [0.25, 0.3) is 5.91 Å². The number of hydrogen-bond donors (Lipinski definition) is 2. The quantitative estimate of drug-likeness (QED) is 0.828. The smallest absolute Gasteiger partial charge is 0.269 e. The van der Waals surface area contributed by atoms with E-state index in [2.05, 4.69) is 15.5 Å². The number of carbonyl (C=O) groups excluding carboxylic acids is 1. The van der Waals surface area contributed by atoms with Gasteiger partial charge in [-0.05, 0) is 30.9 Å². The Kier molecular flexibility index (Phi) is 3.90. The molecule has 0 aromatic carbocycles. The largest absolute Gasteiger partial charge is 0.368 e. The Balaban J connectivity index is 1.84. The fraction of sp³-hybridized carbons (Fsp3) is 0.583. The molecule has 1 aliphatic rings. The minimum Gasteiger partial charge on any atom is -0.368 e. The van der Waals surface area contributed by atoms with Crippen molar-refractivity contribution in [1.29, 1.82) is 0 Å². The maximum absolute atomic E-state index is 10.8. The van der Waals surface area contributed by atoms with Gasteiger partial charge in [0.1, 0.15) is 5.82 Å². The molecule has 5 heteroatoms. The lowest BCUT2D eigenvalue weighted by atomic mass is 9.89. The Morgan fingerprint density at radius 2 is 2.06 bits per heavy atom. The topological polar surface area (TPSA) is 80.9 Å². The molecule has 0 spiro atoms. The van der Waals surface area contributed by atoms with E-state index >= 15 is 0 Å². The first-order valence-corrected chi connectivity index (χ1v) is 6.13. The van der Waals surface area contributed by atoms with Crippen molar-refractivity contribution in [3.63, 3.8) is 0 Å². The zero-order chi connectivity index (χ0) is 12.1. The second kappa shape index (κ2) is 5.61. The van der Waals surface area contributed by atoms with Gasteiger partial charge in [0.05, 0.1) is 0 Å². The van der Waals surface area contributed by atoms with Gasteiger partial charge in [-0.15, -0.1) is 10.2 Å². The highest BCUT2D eigenvalue weighted by Crippen LogP contribution is 2.23. The minimum absolute atomic E-state index is 0.202. The van der Waals surface area contributed by atoms with Crippen molar-refractivity contribution in [3.05, 3.63) is 17.8 Å². The van der Waals surface area contributed by atoms with Gasteiger partial charge in [-0.1, -0.05) is 19.3 Å². The molecule has 1 amide bonds. The van der Waals surface area contributed by atoms with Crippen LogP contribution < -0.4 is 11.1 Å². The average molecular weight is 234 g/mol. The van der Waals surface area contributed by atoms with Gasteiger partial charge >= 0.3 is 0 Å². The summed E-state index contributed by atoms with van der Waals surface area (Å²) in [5.41, 5.74) is 5.29. The molecule has 17 heavy (non-hydrogen) atoms. The molecule has 0 bridgehead atoms. The van der Waals surface area contributed by atoms with Crippen LogP contribution in [-0.2, 0) is 0 Å². The molecule has 1 fully saturated rings. The lowest BCUT2D eigenvalue weighted by molar-refractivity contribution is 0.0994.